The number of hydrogen-bond acceptors (Lipinski definition) is 4. The average molecular weight is 276 g/mol. The van der Waals surface area contributed by atoms with Gasteiger partial charge in [0.2, 0.25) is 0 Å². The molecule has 4 heteroatoms. The Hall–Kier alpha value is -0.970. The minimum atomic E-state index is 0.313. The molecular formula is C15H20N2OS. The molecule has 1 N–H and O–H groups in total. The minimum Gasteiger partial charge on any atom is -0.378 e. The zero-order valence-electron chi connectivity index (χ0n) is 11.4. The summed E-state index contributed by atoms with van der Waals surface area (Å²) in [6, 6.07) is 9.20. The second kappa shape index (κ2) is 5.57. The summed E-state index contributed by atoms with van der Waals surface area (Å²) in [6.45, 7) is 5.22. The van der Waals surface area contributed by atoms with E-state index in [9.17, 15) is 0 Å². The summed E-state index contributed by atoms with van der Waals surface area (Å²) in [5, 5.41) is 4.88. The van der Waals surface area contributed by atoms with Gasteiger partial charge in [0.25, 0.3) is 0 Å². The summed E-state index contributed by atoms with van der Waals surface area (Å²) < 4.78 is 6.86. The predicted octanol–water partition coefficient (Wildman–Crippen LogP) is 3.51. The number of aromatic nitrogens is 1. The molecule has 0 saturated carbocycles. The van der Waals surface area contributed by atoms with Crippen molar-refractivity contribution in [2.45, 2.75) is 44.9 Å². The Morgan fingerprint density at radius 3 is 3.05 bits per heavy atom. The average Bonchev–Trinajstić information content (AvgIpc) is 2.82. The number of ether oxygens (including phenoxy) is 1. The zero-order chi connectivity index (χ0) is 13.2. The van der Waals surface area contributed by atoms with Gasteiger partial charge >= 0.3 is 0 Å². The standard InChI is InChI=1S/C15H20N2OS/c1-10-9-12(7-8-18-10)16-11(2)15-17-13-5-3-4-6-14(13)19-15/h3-6,10-12,16H,7-9H2,1-2H3. The highest BCUT2D eigenvalue weighted by molar-refractivity contribution is 7.18. The molecule has 0 spiro atoms. The van der Waals surface area contributed by atoms with Crippen LogP contribution in [0.5, 0.6) is 0 Å². The van der Waals surface area contributed by atoms with E-state index in [1.165, 1.54) is 9.71 Å². The molecule has 0 amide bonds. The first-order chi connectivity index (χ1) is 9.22. The van der Waals surface area contributed by atoms with Crippen LogP contribution in [0.3, 0.4) is 0 Å². The molecule has 3 nitrogen and oxygen atoms in total. The van der Waals surface area contributed by atoms with Gasteiger partial charge in [-0.3, -0.25) is 0 Å². The maximum Gasteiger partial charge on any atom is 0.111 e. The third kappa shape index (κ3) is 2.96. The van der Waals surface area contributed by atoms with Gasteiger partial charge in [0.15, 0.2) is 0 Å². The van der Waals surface area contributed by atoms with Crippen molar-refractivity contribution in [1.82, 2.24) is 10.3 Å². The molecule has 3 atom stereocenters. The van der Waals surface area contributed by atoms with Crippen molar-refractivity contribution in [2.75, 3.05) is 6.61 Å². The van der Waals surface area contributed by atoms with Crippen LogP contribution >= 0.6 is 11.3 Å². The van der Waals surface area contributed by atoms with Gasteiger partial charge in [0.1, 0.15) is 5.01 Å². The number of benzene rings is 1. The summed E-state index contributed by atoms with van der Waals surface area (Å²) in [4.78, 5) is 4.72. The molecule has 1 fully saturated rings. The molecule has 3 unspecified atom stereocenters. The van der Waals surface area contributed by atoms with Crippen LogP contribution in [0.1, 0.15) is 37.7 Å². The van der Waals surface area contributed by atoms with Crippen LogP contribution in [0, 0.1) is 0 Å². The Kier molecular flexibility index (Phi) is 3.82. The Labute approximate surface area is 118 Å². The highest BCUT2D eigenvalue weighted by Gasteiger charge is 2.22. The molecule has 2 aromatic rings. The Bertz CT molecular complexity index is 521. The highest BCUT2D eigenvalue weighted by Crippen LogP contribution is 2.27. The van der Waals surface area contributed by atoms with Crippen molar-refractivity contribution in [3.8, 4) is 0 Å². The van der Waals surface area contributed by atoms with Crippen molar-refractivity contribution in [2.24, 2.45) is 0 Å². The lowest BCUT2D eigenvalue weighted by Gasteiger charge is -2.29. The molecule has 0 aliphatic carbocycles. The van der Waals surface area contributed by atoms with Crippen LogP contribution in [-0.2, 0) is 4.74 Å². The van der Waals surface area contributed by atoms with Crippen molar-refractivity contribution in [3.63, 3.8) is 0 Å². The first kappa shape index (κ1) is 13.0. The molecule has 19 heavy (non-hydrogen) atoms. The Morgan fingerprint density at radius 2 is 2.26 bits per heavy atom. The van der Waals surface area contributed by atoms with Crippen LogP contribution in [0.2, 0.25) is 0 Å². The van der Waals surface area contributed by atoms with Gasteiger partial charge in [0.05, 0.1) is 22.4 Å². The maximum atomic E-state index is 5.59. The fourth-order valence-electron chi connectivity index (χ4n) is 2.65. The largest absolute Gasteiger partial charge is 0.378 e. The van der Waals surface area contributed by atoms with Crippen molar-refractivity contribution in [3.05, 3.63) is 29.3 Å². The smallest absolute Gasteiger partial charge is 0.111 e. The lowest BCUT2D eigenvalue weighted by atomic mass is 10.0. The maximum absolute atomic E-state index is 5.59. The van der Waals surface area contributed by atoms with Gasteiger partial charge < -0.3 is 10.1 Å². The summed E-state index contributed by atoms with van der Waals surface area (Å²) in [5.41, 5.74) is 1.11. The van der Waals surface area contributed by atoms with Crippen LogP contribution in [0.4, 0.5) is 0 Å². The van der Waals surface area contributed by atoms with Gasteiger partial charge in [0, 0.05) is 12.6 Å². The number of para-hydroxylation sites is 1. The number of rotatable bonds is 3. The van der Waals surface area contributed by atoms with E-state index >= 15 is 0 Å². The van der Waals surface area contributed by atoms with E-state index in [1.807, 2.05) is 6.07 Å². The van der Waals surface area contributed by atoms with Gasteiger partial charge in [-0.1, -0.05) is 12.1 Å². The second-order valence-electron chi connectivity index (χ2n) is 5.31. The Balaban J connectivity index is 1.70. The van der Waals surface area contributed by atoms with E-state index in [0.717, 1.165) is 25.0 Å². The topological polar surface area (TPSA) is 34.2 Å². The first-order valence-electron chi connectivity index (χ1n) is 6.95. The van der Waals surface area contributed by atoms with Crippen molar-refractivity contribution in [1.29, 1.82) is 0 Å². The number of thiazole rings is 1. The Morgan fingerprint density at radius 1 is 1.42 bits per heavy atom. The molecule has 1 aliphatic heterocycles. The van der Waals surface area contributed by atoms with Crippen LogP contribution in [-0.4, -0.2) is 23.7 Å². The number of hydrogen-bond donors (Lipinski definition) is 1. The molecule has 3 rings (SSSR count). The molecule has 1 aliphatic rings. The van der Waals surface area contributed by atoms with Crippen LogP contribution in [0.25, 0.3) is 10.2 Å². The highest BCUT2D eigenvalue weighted by atomic mass is 32.1. The molecule has 0 radical (unpaired) electrons. The molecule has 2 heterocycles. The van der Waals surface area contributed by atoms with Gasteiger partial charge in [-0.15, -0.1) is 11.3 Å². The van der Waals surface area contributed by atoms with E-state index in [2.05, 4.69) is 37.4 Å². The molecule has 102 valence electrons. The monoisotopic (exact) mass is 276 g/mol. The van der Waals surface area contributed by atoms with Crippen LogP contribution in [0.15, 0.2) is 24.3 Å². The van der Waals surface area contributed by atoms with E-state index < -0.39 is 0 Å². The third-order valence-electron chi connectivity index (χ3n) is 3.65. The van der Waals surface area contributed by atoms with Crippen molar-refractivity contribution < 1.29 is 4.74 Å². The van der Waals surface area contributed by atoms with Gasteiger partial charge in [-0.25, -0.2) is 4.98 Å². The van der Waals surface area contributed by atoms with E-state index in [-0.39, 0.29) is 0 Å². The van der Waals surface area contributed by atoms with E-state index in [0.29, 0.717) is 18.2 Å². The summed E-state index contributed by atoms with van der Waals surface area (Å²) in [5.74, 6) is 0. The number of nitrogens with one attached hydrogen (secondary N) is 1. The first-order valence-corrected chi connectivity index (χ1v) is 7.77. The van der Waals surface area contributed by atoms with E-state index in [1.54, 1.807) is 11.3 Å². The quantitative estimate of drug-likeness (QED) is 0.931. The summed E-state index contributed by atoms with van der Waals surface area (Å²) in [6.07, 6.45) is 2.56. The minimum absolute atomic E-state index is 0.313. The molecule has 1 aromatic carbocycles. The van der Waals surface area contributed by atoms with Gasteiger partial charge in [-0.05, 0) is 38.8 Å². The predicted molar refractivity (Wildman–Crippen MR) is 79.6 cm³/mol. The summed E-state index contributed by atoms with van der Waals surface area (Å²) in [7, 11) is 0. The second-order valence-corrected chi connectivity index (χ2v) is 6.37. The molecule has 0 bridgehead atoms. The van der Waals surface area contributed by atoms with Crippen molar-refractivity contribution >= 4 is 21.6 Å². The number of nitrogens with zero attached hydrogens (tertiary/aromatic N) is 1. The lowest BCUT2D eigenvalue weighted by Crippen LogP contribution is -2.39. The van der Waals surface area contributed by atoms with Gasteiger partial charge in [-0.2, -0.15) is 0 Å². The lowest BCUT2D eigenvalue weighted by molar-refractivity contribution is 0.0116. The summed E-state index contributed by atoms with van der Waals surface area (Å²) >= 11 is 1.79. The molecule has 1 saturated heterocycles. The molecular weight excluding hydrogens is 256 g/mol. The zero-order valence-corrected chi connectivity index (χ0v) is 12.2. The SMILES string of the molecule is CC1CC(NC(C)c2nc3ccccc3s2)CCO1. The number of fused-ring (bicyclic) bond motifs is 1. The molecule has 1 aromatic heterocycles. The third-order valence-corrected chi connectivity index (χ3v) is 4.87. The van der Waals surface area contributed by atoms with Crippen LogP contribution < -0.4 is 5.32 Å². The van der Waals surface area contributed by atoms with E-state index in [4.69, 9.17) is 9.72 Å². The fourth-order valence-corrected chi connectivity index (χ4v) is 3.63. The normalized spacial score (nSPS) is 25.6. The fraction of sp³-hybridized carbons (Fsp3) is 0.533.